The molecule has 39 heavy (non-hydrogen) atoms. The van der Waals surface area contributed by atoms with Gasteiger partial charge in [-0.05, 0) is 75.8 Å². The second-order valence-electron chi connectivity index (χ2n) is 10.7. The zero-order valence-corrected chi connectivity index (χ0v) is 21.8. The van der Waals surface area contributed by atoms with E-state index in [1.165, 1.54) is 6.07 Å². The van der Waals surface area contributed by atoms with Crippen LogP contribution in [-0.2, 0) is 16.6 Å². The topological polar surface area (TPSA) is 115 Å². The summed E-state index contributed by atoms with van der Waals surface area (Å²) < 4.78 is 39.0. The molecule has 1 unspecified atom stereocenters. The molecule has 4 rings (SSSR count). The number of alkyl halides is 3. The van der Waals surface area contributed by atoms with E-state index < -0.39 is 29.4 Å². The van der Waals surface area contributed by atoms with E-state index >= 15 is 0 Å². The number of halogens is 3. The lowest BCUT2D eigenvalue weighted by atomic mass is 9.79. The Bertz CT molecular complexity index is 1140. The lowest BCUT2D eigenvalue weighted by Crippen LogP contribution is -2.46. The number of nitrogens with zero attached hydrogens (tertiary/aromatic N) is 2. The average molecular weight is 549 g/mol. The molecule has 0 spiro atoms. The number of carbonyl (C=O) groups excluding carboxylic acids is 2. The van der Waals surface area contributed by atoms with Crippen LogP contribution in [0.15, 0.2) is 48.7 Å². The van der Waals surface area contributed by atoms with Crippen molar-refractivity contribution in [3.63, 3.8) is 0 Å². The maximum atomic E-state index is 13.1. The summed E-state index contributed by atoms with van der Waals surface area (Å²) in [5, 5.41) is 27.1. The summed E-state index contributed by atoms with van der Waals surface area (Å²) in [5.41, 5.74) is -1.40. The van der Waals surface area contributed by atoms with Gasteiger partial charge in [0.1, 0.15) is 5.60 Å². The van der Waals surface area contributed by atoms with Gasteiger partial charge >= 0.3 is 6.18 Å². The van der Waals surface area contributed by atoms with E-state index in [9.17, 15) is 33.0 Å². The molecular formula is C28H35F3N4O4. The molecule has 1 aliphatic carbocycles. The van der Waals surface area contributed by atoms with Crippen LogP contribution in [0.25, 0.3) is 0 Å². The maximum Gasteiger partial charge on any atom is 0.416 e. The fourth-order valence-corrected chi connectivity index (χ4v) is 5.65. The second-order valence-corrected chi connectivity index (χ2v) is 10.7. The second kappa shape index (κ2) is 12.0. The third-order valence-electron chi connectivity index (χ3n) is 7.63. The fraction of sp³-hybridized carbons (Fsp3) is 0.536. The molecule has 8 nitrogen and oxygen atoms in total. The Morgan fingerprint density at radius 2 is 1.90 bits per heavy atom. The van der Waals surface area contributed by atoms with E-state index in [2.05, 4.69) is 15.6 Å². The van der Waals surface area contributed by atoms with Gasteiger partial charge in [-0.15, -0.1) is 0 Å². The van der Waals surface area contributed by atoms with Crippen LogP contribution in [-0.4, -0.2) is 69.2 Å². The highest BCUT2D eigenvalue weighted by Gasteiger charge is 2.40. The monoisotopic (exact) mass is 548 g/mol. The van der Waals surface area contributed by atoms with Crippen molar-refractivity contribution >= 4 is 11.8 Å². The Balaban J connectivity index is 1.32. The number of aliphatic hydroxyl groups is 2. The molecule has 4 N–H and O–H groups in total. The number of hydrogen-bond donors (Lipinski definition) is 4. The minimum Gasteiger partial charge on any atom is -0.393 e. The number of rotatable bonds is 8. The lowest BCUT2D eigenvalue weighted by molar-refractivity contribution is -0.137. The average Bonchev–Trinajstić information content (AvgIpc) is 3.30. The number of likely N-dealkylation sites (tertiary alicyclic amines) is 1. The highest BCUT2D eigenvalue weighted by molar-refractivity contribution is 5.96. The van der Waals surface area contributed by atoms with Crippen LogP contribution in [0, 0.1) is 0 Å². The number of aliphatic hydroxyl groups excluding tert-OH is 1. The third kappa shape index (κ3) is 7.34. The predicted molar refractivity (Wildman–Crippen MR) is 138 cm³/mol. The SMILES string of the molecule is CC(O)C[C@@H]1C[C@H](NC2CCC(O)(c3ccccn3)CC2)CN1C(=O)CNC(=O)c1cccc(C(F)(F)F)c1. The highest BCUT2D eigenvalue weighted by atomic mass is 19.4. The first-order valence-electron chi connectivity index (χ1n) is 13.3. The van der Waals surface area contributed by atoms with E-state index in [-0.39, 0.29) is 36.1 Å². The Kier molecular flexibility index (Phi) is 8.93. The molecule has 11 heteroatoms. The quantitative estimate of drug-likeness (QED) is 0.403. The van der Waals surface area contributed by atoms with Crippen molar-refractivity contribution in [3.05, 3.63) is 65.5 Å². The fourth-order valence-electron chi connectivity index (χ4n) is 5.65. The molecule has 2 aliphatic rings. The molecular weight excluding hydrogens is 513 g/mol. The smallest absolute Gasteiger partial charge is 0.393 e. The predicted octanol–water partition coefficient (Wildman–Crippen LogP) is 2.99. The number of nitrogens with one attached hydrogen (secondary N) is 2. The number of pyridine rings is 1. The molecule has 1 aliphatic heterocycles. The van der Waals surface area contributed by atoms with Crippen LogP contribution in [0.3, 0.4) is 0 Å². The van der Waals surface area contributed by atoms with Crippen molar-refractivity contribution in [3.8, 4) is 0 Å². The lowest BCUT2D eigenvalue weighted by Gasteiger charge is -2.37. The zero-order valence-electron chi connectivity index (χ0n) is 21.8. The van der Waals surface area contributed by atoms with Gasteiger partial charge in [-0.3, -0.25) is 14.6 Å². The van der Waals surface area contributed by atoms with Crippen molar-refractivity contribution in [2.45, 2.75) is 81.5 Å². The minimum atomic E-state index is -4.58. The molecule has 1 aromatic heterocycles. The van der Waals surface area contributed by atoms with Crippen LogP contribution in [0.5, 0.6) is 0 Å². The molecule has 2 aromatic rings. The standard InChI is InChI=1S/C28H35F3N4O4/c1-18(36)13-23-15-22(34-21-8-10-27(39,11-9-21)24-7-2-3-12-32-24)17-35(23)25(37)16-33-26(38)19-5-4-6-20(14-19)28(29,30)31/h2-7,12,14,18,21-23,34,36,39H,8-11,13,15-17H2,1H3,(H,33,38)/t18?,21?,22-,23+,27?/m0/s1. The van der Waals surface area contributed by atoms with Crippen molar-refractivity contribution in [2.75, 3.05) is 13.1 Å². The van der Waals surface area contributed by atoms with Gasteiger partial charge in [-0.1, -0.05) is 12.1 Å². The van der Waals surface area contributed by atoms with Crippen molar-refractivity contribution in [1.29, 1.82) is 0 Å². The number of benzene rings is 1. The van der Waals surface area contributed by atoms with Gasteiger partial charge in [-0.2, -0.15) is 13.2 Å². The number of hydrogen-bond acceptors (Lipinski definition) is 6. The van der Waals surface area contributed by atoms with Crippen LogP contribution in [0.2, 0.25) is 0 Å². The van der Waals surface area contributed by atoms with Crippen LogP contribution in [0.4, 0.5) is 13.2 Å². The van der Waals surface area contributed by atoms with E-state index in [1.807, 2.05) is 18.2 Å². The van der Waals surface area contributed by atoms with Gasteiger partial charge in [0.15, 0.2) is 0 Å². The van der Waals surface area contributed by atoms with Crippen molar-refractivity contribution < 1.29 is 33.0 Å². The summed E-state index contributed by atoms with van der Waals surface area (Å²) >= 11 is 0. The Labute approximate surface area is 225 Å². The molecule has 0 bridgehead atoms. The van der Waals surface area contributed by atoms with Gasteiger partial charge in [0.2, 0.25) is 5.91 Å². The summed E-state index contributed by atoms with van der Waals surface area (Å²) in [6.07, 6.45) is 0.0727. The van der Waals surface area contributed by atoms with Crippen molar-refractivity contribution in [2.24, 2.45) is 0 Å². The van der Waals surface area contributed by atoms with Gasteiger partial charge in [0.05, 0.1) is 23.9 Å². The Morgan fingerprint density at radius 3 is 2.54 bits per heavy atom. The third-order valence-corrected chi connectivity index (χ3v) is 7.63. The molecule has 0 radical (unpaired) electrons. The van der Waals surface area contributed by atoms with E-state index in [1.54, 1.807) is 18.0 Å². The molecule has 3 atom stereocenters. The molecule has 2 heterocycles. The van der Waals surface area contributed by atoms with Gasteiger partial charge in [0, 0.05) is 36.4 Å². The van der Waals surface area contributed by atoms with Crippen LogP contribution >= 0.6 is 0 Å². The zero-order chi connectivity index (χ0) is 28.2. The van der Waals surface area contributed by atoms with Crippen LogP contribution in [0.1, 0.15) is 67.1 Å². The normalized spacial score (nSPS) is 26.3. The summed E-state index contributed by atoms with van der Waals surface area (Å²) in [5.74, 6) is -1.13. The molecule has 2 fully saturated rings. The highest BCUT2D eigenvalue weighted by Crippen LogP contribution is 2.36. The van der Waals surface area contributed by atoms with E-state index in [4.69, 9.17) is 0 Å². The molecule has 1 saturated carbocycles. The van der Waals surface area contributed by atoms with Gasteiger partial charge in [-0.25, -0.2) is 0 Å². The van der Waals surface area contributed by atoms with Crippen molar-refractivity contribution in [1.82, 2.24) is 20.5 Å². The number of aromatic nitrogens is 1. The minimum absolute atomic E-state index is 0.0251. The molecule has 1 saturated heterocycles. The van der Waals surface area contributed by atoms with Gasteiger partial charge < -0.3 is 25.7 Å². The van der Waals surface area contributed by atoms with Crippen LogP contribution < -0.4 is 10.6 Å². The number of carbonyl (C=O) groups is 2. The first kappa shape index (κ1) is 29.0. The molecule has 1 aromatic carbocycles. The Hall–Kier alpha value is -3.02. The number of amides is 2. The largest absolute Gasteiger partial charge is 0.416 e. The van der Waals surface area contributed by atoms with Gasteiger partial charge in [0.25, 0.3) is 5.91 Å². The Morgan fingerprint density at radius 1 is 1.15 bits per heavy atom. The molecule has 2 amide bonds. The summed E-state index contributed by atoms with van der Waals surface area (Å²) in [7, 11) is 0. The maximum absolute atomic E-state index is 13.1. The summed E-state index contributed by atoms with van der Waals surface area (Å²) in [6, 6.07) is 9.45. The van der Waals surface area contributed by atoms with E-state index in [0.29, 0.717) is 37.9 Å². The summed E-state index contributed by atoms with van der Waals surface area (Å²) in [6.45, 7) is 1.67. The molecule has 212 valence electrons. The van der Waals surface area contributed by atoms with E-state index in [0.717, 1.165) is 31.0 Å². The first-order chi connectivity index (χ1) is 18.4. The first-order valence-corrected chi connectivity index (χ1v) is 13.3. The summed E-state index contributed by atoms with van der Waals surface area (Å²) in [4.78, 5) is 31.5.